The van der Waals surface area contributed by atoms with Crippen molar-refractivity contribution in [1.29, 1.82) is 0 Å². The molecule has 1 unspecified atom stereocenters. The van der Waals surface area contributed by atoms with Gasteiger partial charge in [-0.15, -0.1) is 0 Å². The number of ether oxygens (including phenoxy) is 3. The average Bonchev–Trinajstić information content (AvgIpc) is 3.42. The summed E-state index contributed by atoms with van der Waals surface area (Å²) in [6.45, 7) is 6.37. The lowest BCUT2D eigenvalue weighted by molar-refractivity contribution is -0.167. The second kappa shape index (κ2) is 63.3. The number of hydrogen-bond donors (Lipinski definition) is 0. The highest BCUT2D eigenvalue weighted by molar-refractivity contribution is 5.71. The Morgan fingerprint density at radius 3 is 0.816 bits per heavy atom. The minimum absolute atomic E-state index is 0.0951. The number of carbonyl (C=O) groups is 3. The summed E-state index contributed by atoms with van der Waals surface area (Å²) in [4.78, 5) is 38.2. The molecule has 0 heterocycles. The molecule has 1 atom stereocenters. The van der Waals surface area contributed by atoms with Crippen LogP contribution in [0, 0.1) is 0 Å². The van der Waals surface area contributed by atoms with Crippen LogP contribution in [0.3, 0.4) is 0 Å². The summed E-state index contributed by atoms with van der Waals surface area (Å²) in [6.07, 6.45) is 87.8. The molecule has 0 bridgehead atoms. The van der Waals surface area contributed by atoms with E-state index in [2.05, 4.69) is 142 Å². The van der Waals surface area contributed by atoms with Gasteiger partial charge in [0, 0.05) is 19.3 Å². The van der Waals surface area contributed by atoms with Crippen molar-refractivity contribution < 1.29 is 28.6 Å². The second-order valence-corrected chi connectivity index (χ2v) is 20.5. The topological polar surface area (TPSA) is 78.9 Å². The van der Waals surface area contributed by atoms with E-state index in [0.29, 0.717) is 19.3 Å². The number of carbonyl (C=O) groups excluding carboxylic acids is 3. The van der Waals surface area contributed by atoms with E-state index < -0.39 is 6.10 Å². The van der Waals surface area contributed by atoms with Crippen molar-refractivity contribution in [2.75, 3.05) is 13.2 Å². The second-order valence-electron chi connectivity index (χ2n) is 20.5. The molecule has 0 aromatic carbocycles. The molecule has 0 radical (unpaired) electrons. The smallest absolute Gasteiger partial charge is 0.306 e. The SMILES string of the molecule is CC/C=C\C/C=C\C/C=C\C/C=C\C/C=C\CCCCCCCCCCCCCCCC(=O)OCC(COC(=O)CCCCC/C=C\C/C=C\C/C=C\CC)OC(=O)CCCCCCC/C=C\C/C=C\CCCCCC. The molecule has 0 amide bonds. The normalized spacial score (nSPS) is 12.9. The lowest BCUT2D eigenvalue weighted by Gasteiger charge is -2.18. The Labute approximate surface area is 469 Å². The predicted molar refractivity (Wildman–Crippen MR) is 330 cm³/mol. The monoisotopic (exact) mass is 1050 g/mol. The van der Waals surface area contributed by atoms with Crippen LogP contribution in [0.5, 0.6) is 0 Å². The summed E-state index contributed by atoms with van der Waals surface area (Å²) in [5.41, 5.74) is 0. The van der Waals surface area contributed by atoms with Crippen LogP contribution in [0.25, 0.3) is 0 Å². The molecule has 0 aliphatic carbocycles. The summed E-state index contributed by atoms with van der Waals surface area (Å²) >= 11 is 0. The van der Waals surface area contributed by atoms with Gasteiger partial charge in [0.25, 0.3) is 0 Å². The average molecular weight is 1050 g/mol. The third-order valence-corrected chi connectivity index (χ3v) is 13.2. The Balaban J connectivity index is 4.29. The molecule has 0 spiro atoms. The van der Waals surface area contributed by atoms with Gasteiger partial charge in [0.15, 0.2) is 6.10 Å². The van der Waals surface area contributed by atoms with Gasteiger partial charge in [-0.2, -0.15) is 0 Å². The first-order chi connectivity index (χ1) is 37.5. The van der Waals surface area contributed by atoms with E-state index in [1.807, 2.05) is 0 Å². The molecule has 432 valence electrons. The number of rotatable bonds is 56. The Bertz CT molecular complexity index is 1590. The van der Waals surface area contributed by atoms with E-state index >= 15 is 0 Å². The molecule has 76 heavy (non-hydrogen) atoms. The van der Waals surface area contributed by atoms with Gasteiger partial charge in [0.05, 0.1) is 0 Å². The molecular weight excluding hydrogens is 937 g/mol. The maximum Gasteiger partial charge on any atom is 0.306 e. The van der Waals surface area contributed by atoms with Crippen LogP contribution in [-0.4, -0.2) is 37.2 Å². The van der Waals surface area contributed by atoms with Gasteiger partial charge >= 0.3 is 17.9 Å². The molecule has 0 saturated carbocycles. The van der Waals surface area contributed by atoms with Gasteiger partial charge in [-0.05, 0) is 128 Å². The lowest BCUT2D eigenvalue weighted by Crippen LogP contribution is -2.30. The standard InChI is InChI=1S/C70H116O6/c1-4-7-10-13-16-19-22-25-27-29-30-31-32-33-34-35-36-37-38-39-40-41-43-45-48-51-54-57-60-63-69(72)75-66-67(65-74-68(71)62-59-56-53-50-47-44-24-21-18-15-12-9-6-3)76-70(73)64-61-58-55-52-49-46-42-28-26-23-20-17-14-11-8-5-2/h7,9-10,12,16,18-21,23,25,27-28,30-31,33-34,42,44,47,67H,4-6,8,11,13-15,17,22,24,26,29,32,35-41,43,45-46,48-66H2,1-3H3/b10-7-,12-9-,19-16-,21-18-,23-20-,27-25-,31-30-,34-33-,42-28-,47-44-. The van der Waals surface area contributed by atoms with Crippen LogP contribution in [0.15, 0.2) is 122 Å². The molecule has 6 heteroatoms. The summed E-state index contributed by atoms with van der Waals surface area (Å²) in [7, 11) is 0. The molecule has 0 fully saturated rings. The van der Waals surface area contributed by atoms with Crippen molar-refractivity contribution in [3.8, 4) is 0 Å². The van der Waals surface area contributed by atoms with Crippen LogP contribution in [-0.2, 0) is 28.6 Å². The molecule has 0 aromatic rings. The summed E-state index contributed by atoms with van der Waals surface area (Å²) < 4.78 is 16.9. The number of allylic oxidation sites excluding steroid dienone is 20. The molecule has 0 aliphatic heterocycles. The molecule has 0 saturated heterocycles. The largest absolute Gasteiger partial charge is 0.462 e. The third-order valence-electron chi connectivity index (χ3n) is 13.2. The van der Waals surface area contributed by atoms with Gasteiger partial charge in [-0.3, -0.25) is 14.4 Å². The van der Waals surface area contributed by atoms with Crippen LogP contribution in [0.1, 0.15) is 284 Å². The van der Waals surface area contributed by atoms with Crippen LogP contribution >= 0.6 is 0 Å². The van der Waals surface area contributed by atoms with Gasteiger partial charge in [0.1, 0.15) is 13.2 Å². The van der Waals surface area contributed by atoms with Gasteiger partial charge in [0.2, 0.25) is 0 Å². The van der Waals surface area contributed by atoms with Crippen molar-refractivity contribution in [2.24, 2.45) is 0 Å². The molecular formula is C70H116O6. The van der Waals surface area contributed by atoms with E-state index in [9.17, 15) is 14.4 Å². The summed E-state index contributed by atoms with van der Waals surface area (Å²) in [5, 5.41) is 0. The van der Waals surface area contributed by atoms with E-state index in [1.54, 1.807) is 0 Å². The Morgan fingerprint density at radius 1 is 0.276 bits per heavy atom. The van der Waals surface area contributed by atoms with Crippen molar-refractivity contribution in [1.82, 2.24) is 0 Å². The first-order valence-electron chi connectivity index (χ1n) is 31.5. The first-order valence-corrected chi connectivity index (χ1v) is 31.5. The van der Waals surface area contributed by atoms with Crippen molar-refractivity contribution in [2.45, 2.75) is 290 Å². The first kappa shape index (κ1) is 71.8. The van der Waals surface area contributed by atoms with Crippen molar-refractivity contribution in [3.05, 3.63) is 122 Å². The highest BCUT2D eigenvalue weighted by Gasteiger charge is 2.19. The summed E-state index contributed by atoms with van der Waals surface area (Å²) in [6, 6.07) is 0. The highest BCUT2D eigenvalue weighted by Crippen LogP contribution is 2.15. The van der Waals surface area contributed by atoms with E-state index in [4.69, 9.17) is 14.2 Å². The maximum absolute atomic E-state index is 12.9. The molecule has 0 aromatic heterocycles. The minimum atomic E-state index is -0.801. The number of unbranched alkanes of at least 4 members (excludes halogenated alkanes) is 25. The Kier molecular flexibility index (Phi) is 59.9. The van der Waals surface area contributed by atoms with Gasteiger partial charge in [-0.1, -0.05) is 258 Å². The van der Waals surface area contributed by atoms with E-state index in [0.717, 1.165) is 141 Å². The van der Waals surface area contributed by atoms with Crippen LogP contribution in [0.4, 0.5) is 0 Å². The lowest BCUT2D eigenvalue weighted by atomic mass is 10.0. The molecule has 0 aliphatic rings. The number of esters is 3. The zero-order chi connectivity index (χ0) is 55.0. The van der Waals surface area contributed by atoms with Gasteiger partial charge < -0.3 is 14.2 Å². The van der Waals surface area contributed by atoms with Crippen molar-refractivity contribution >= 4 is 17.9 Å². The maximum atomic E-state index is 12.9. The zero-order valence-electron chi connectivity index (χ0n) is 49.5. The number of hydrogen-bond acceptors (Lipinski definition) is 6. The van der Waals surface area contributed by atoms with Crippen LogP contribution < -0.4 is 0 Å². The Hall–Kier alpha value is -4.19. The highest BCUT2D eigenvalue weighted by atomic mass is 16.6. The zero-order valence-corrected chi connectivity index (χ0v) is 49.5. The predicted octanol–water partition coefficient (Wildman–Crippen LogP) is 21.6. The van der Waals surface area contributed by atoms with Crippen LogP contribution in [0.2, 0.25) is 0 Å². The Morgan fingerprint density at radius 2 is 0.513 bits per heavy atom. The molecule has 0 rings (SSSR count). The van der Waals surface area contributed by atoms with E-state index in [-0.39, 0.29) is 31.1 Å². The fourth-order valence-corrected chi connectivity index (χ4v) is 8.51. The summed E-state index contributed by atoms with van der Waals surface area (Å²) in [5.74, 6) is -0.937. The molecule has 6 nitrogen and oxygen atoms in total. The quantitative estimate of drug-likeness (QED) is 0.0261. The minimum Gasteiger partial charge on any atom is -0.462 e. The third kappa shape index (κ3) is 60.7. The van der Waals surface area contributed by atoms with Gasteiger partial charge in [-0.25, -0.2) is 0 Å². The fraction of sp³-hybridized carbons (Fsp3) is 0.671. The van der Waals surface area contributed by atoms with E-state index in [1.165, 1.54) is 103 Å². The molecule has 0 N–H and O–H groups in total. The van der Waals surface area contributed by atoms with Crippen molar-refractivity contribution in [3.63, 3.8) is 0 Å². The fourth-order valence-electron chi connectivity index (χ4n) is 8.51.